The third-order valence-corrected chi connectivity index (χ3v) is 8.51. The van der Waals surface area contributed by atoms with Crippen LogP contribution in [-0.2, 0) is 50.2 Å². The highest BCUT2D eigenvalue weighted by Crippen LogP contribution is 2.61. The Hall–Kier alpha value is -4.02. The Morgan fingerprint density at radius 1 is 1.19 bits per heavy atom. The van der Waals surface area contributed by atoms with Crippen LogP contribution < -0.4 is 4.74 Å². The second kappa shape index (κ2) is 14.8. The number of piperidine rings is 1. The average Bonchev–Trinajstić information content (AvgIpc) is 3.33. The number of rotatable bonds is 8. The van der Waals surface area contributed by atoms with Gasteiger partial charge in [-0.05, 0) is 52.4 Å². The number of benzene rings is 1. The van der Waals surface area contributed by atoms with Gasteiger partial charge in [0, 0.05) is 30.5 Å². The van der Waals surface area contributed by atoms with E-state index in [2.05, 4.69) is 4.90 Å². The van der Waals surface area contributed by atoms with Gasteiger partial charge in [-0.15, -0.1) is 0 Å². The van der Waals surface area contributed by atoms with E-state index < -0.39 is 72.1 Å². The summed E-state index contributed by atoms with van der Waals surface area (Å²) < 4.78 is 53.2. The van der Waals surface area contributed by atoms with Crippen molar-refractivity contribution in [1.82, 2.24) is 4.90 Å². The van der Waals surface area contributed by atoms with Crippen LogP contribution in [0.1, 0.15) is 64.2 Å². The van der Waals surface area contributed by atoms with Gasteiger partial charge in [-0.2, -0.15) is 13.2 Å². The van der Waals surface area contributed by atoms with Crippen LogP contribution in [0.15, 0.2) is 24.0 Å². The van der Waals surface area contributed by atoms with E-state index in [1.807, 2.05) is 27.0 Å². The van der Waals surface area contributed by atoms with Gasteiger partial charge < -0.3 is 39.2 Å². The van der Waals surface area contributed by atoms with Crippen LogP contribution >= 0.6 is 0 Å². The zero-order valence-electron chi connectivity index (χ0n) is 25.8. The van der Waals surface area contributed by atoms with Crippen LogP contribution in [0, 0.1) is 6.92 Å². The third-order valence-electron chi connectivity index (χ3n) is 8.51. The van der Waals surface area contributed by atoms with Crippen LogP contribution in [0.4, 0.5) is 13.2 Å². The number of fused-ring (bicyclic) bond motifs is 1. The van der Waals surface area contributed by atoms with Crippen LogP contribution in [0.5, 0.6) is 5.75 Å². The smallest absolute Gasteiger partial charge is 0.446 e. The maximum Gasteiger partial charge on any atom is 0.446 e. The number of carbonyl (C=O) groups is 5. The number of hydrogen-bond donors (Lipinski definition) is 3. The number of esters is 3. The molecule has 1 aliphatic carbocycles. The van der Waals surface area contributed by atoms with Gasteiger partial charge in [-0.1, -0.05) is 19.6 Å². The summed E-state index contributed by atoms with van der Waals surface area (Å²) in [7, 11) is 1.93. The van der Waals surface area contributed by atoms with E-state index in [4.69, 9.17) is 28.8 Å². The Kier molecular flexibility index (Phi) is 12.3. The summed E-state index contributed by atoms with van der Waals surface area (Å²) in [5, 5.41) is 31.3. The van der Waals surface area contributed by atoms with Crippen molar-refractivity contribution in [2.24, 2.45) is 0 Å². The molecule has 47 heavy (non-hydrogen) atoms. The lowest BCUT2D eigenvalue weighted by Crippen LogP contribution is -2.71. The number of aliphatic hydroxyl groups is 2. The monoisotopic (exact) mass is 675 g/mol. The first-order valence-electron chi connectivity index (χ1n) is 14.2. The molecule has 1 spiro atoms. The number of ether oxygens (including phenoxy) is 4. The summed E-state index contributed by atoms with van der Waals surface area (Å²) >= 11 is 0. The van der Waals surface area contributed by atoms with Crippen LogP contribution in [0.3, 0.4) is 0 Å². The summed E-state index contributed by atoms with van der Waals surface area (Å²) in [4.78, 5) is 58.7. The first-order chi connectivity index (χ1) is 21.3. The third kappa shape index (κ3) is 7.76. The van der Waals surface area contributed by atoms with Gasteiger partial charge >= 0.3 is 30.1 Å². The highest BCUT2D eigenvalue weighted by molar-refractivity contribution is 5.86. The summed E-state index contributed by atoms with van der Waals surface area (Å²) in [6, 6.07) is 3.35. The van der Waals surface area contributed by atoms with E-state index >= 15 is 0 Å². The van der Waals surface area contributed by atoms with Gasteiger partial charge in [-0.25, -0.2) is 9.59 Å². The topological polar surface area (TPSA) is 186 Å². The lowest BCUT2D eigenvalue weighted by atomic mass is 9.54. The molecule has 3 N–H and O–H groups in total. The van der Waals surface area contributed by atoms with E-state index in [-0.39, 0.29) is 32.3 Å². The van der Waals surface area contributed by atoms with E-state index in [0.717, 1.165) is 18.1 Å². The molecule has 0 unspecified atom stereocenters. The minimum absolute atomic E-state index is 0. The van der Waals surface area contributed by atoms with Crippen LogP contribution in [0.2, 0.25) is 0 Å². The van der Waals surface area contributed by atoms with E-state index in [1.165, 1.54) is 6.92 Å². The Balaban J connectivity index is 0.00000100. The van der Waals surface area contributed by atoms with Gasteiger partial charge in [0.2, 0.25) is 12.4 Å². The Bertz CT molecular complexity index is 1400. The van der Waals surface area contributed by atoms with Gasteiger partial charge in [0.15, 0.2) is 12.2 Å². The molecular weight excluding hydrogens is 635 g/mol. The molecule has 0 amide bonds. The second-order valence-corrected chi connectivity index (χ2v) is 11.4. The van der Waals surface area contributed by atoms with Crippen molar-refractivity contribution in [3.8, 4) is 5.75 Å². The highest BCUT2D eigenvalue weighted by atomic mass is 19.4. The maximum atomic E-state index is 13.1. The fraction of sp³-hybridized carbons (Fsp3) is 0.581. The minimum Gasteiger partial charge on any atom is -0.481 e. The molecule has 0 radical (unpaired) electrons. The predicted octanol–water partition coefficient (Wildman–Crippen LogP) is 2.49. The number of nitrogens with zero attached hydrogens (tertiary/aromatic N) is 1. The van der Waals surface area contributed by atoms with Crippen molar-refractivity contribution in [2.45, 2.75) is 103 Å². The molecule has 4 rings (SSSR count). The van der Waals surface area contributed by atoms with E-state index in [9.17, 15) is 42.6 Å². The lowest BCUT2D eigenvalue weighted by Gasteiger charge is -2.58. The standard InChI is InChI=1S/C28H35NO11.C2HF3O.CH4/c1-14-6-7-18(13-30)23-22(14)27-10-11-29(5)16(3)28(27,36)9-8-19(24(27)40-23)39-25(34)15(2)37-26(35)20(12-21(32)33)38-17(4)31;3-2(4,5)1-6;/h6-8,15-16,20,24,30,36H,9-13H2,1-5H3,(H,32,33);1H;1H4/t15-,16+,20-,24-,27-,28+;;/m0../s1. The molecule has 262 valence electrons. The van der Waals surface area contributed by atoms with Crippen molar-refractivity contribution in [1.29, 1.82) is 0 Å². The fourth-order valence-electron chi connectivity index (χ4n) is 6.23. The number of aliphatic hydroxyl groups excluding tert-OH is 1. The summed E-state index contributed by atoms with van der Waals surface area (Å²) in [6.07, 6.45) is -8.43. The first-order valence-corrected chi connectivity index (χ1v) is 14.2. The van der Waals surface area contributed by atoms with Crippen LogP contribution in [-0.4, -0.2) is 100 Å². The number of aldehydes is 1. The zero-order chi connectivity index (χ0) is 34.8. The average molecular weight is 676 g/mol. The molecule has 2 aliphatic heterocycles. The van der Waals surface area contributed by atoms with Crippen LogP contribution in [0.25, 0.3) is 0 Å². The molecule has 3 aliphatic rings. The molecule has 0 saturated carbocycles. The predicted molar refractivity (Wildman–Crippen MR) is 156 cm³/mol. The molecule has 0 aromatic heterocycles. The number of carbonyl (C=O) groups excluding carboxylic acids is 4. The fourth-order valence-corrected chi connectivity index (χ4v) is 6.23. The van der Waals surface area contributed by atoms with Gasteiger partial charge in [0.1, 0.15) is 11.5 Å². The first kappa shape index (κ1) is 39.2. The number of aryl methyl sites for hydroxylation is 1. The number of likely N-dealkylation sites (tertiary alicyclic amines) is 1. The summed E-state index contributed by atoms with van der Waals surface area (Å²) in [5.41, 5.74) is -0.103. The summed E-state index contributed by atoms with van der Waals surface area (Å²) in [6.45, 7) is 6.44. The second-order valence-electron chi connectivity index (χ2n) is 11.4. The maximum absolute atomic E-state index is 13.1. The van der Waals surface area contributed by atoms with Gasteiger partial charge in [0.25, 0.3) is 0 Å². The molecule has 6 atom stereocenters. The highest BCUT2D eigenvalue weighted by Gasteiger charge is 2.69. The SMILES string of the molecule is C.CC(=O)O[C@@H](CC(=O)O)C(=O)O[C@@H](C)C(=O)OC1=CC[C@@]2(O)[C@@H](C)N(C)CC[C@@]23c2c(C)ccc(CO)c2O[C@@H]13.O=CC(F)(F)F. The van der Waals surface area contributed by atoms with Crippen molar-refractivity contribution < 1.29 is 71.4 Å². The number of carboxylic acids is 1. The van der Waals surface area contributed by atoms with Gasteiger partial charge in [0.05, 0.1) is 24.0 Å². The molecule has 1 aromatic rings. The number of carboxylic acid groups (broad SMARTS) is 1. The van der Waals surface area contributed by atoms with Crippen molar-refractivity contribution >= 4 is 30.2 Å². The largest absolute Gasteiger partial charge is 0.481 e. The molecule has 1 aromatic carbocycles. The number of hydrogen-bond acceptors (Lipinski definition) is 12. The number of likely N-dealkylation sites (N-methyl/N-ethyl adjacent to an activating group) is 1. The zero-order valence-corrected chi connectivity index (χ0v) is 25.8. The minimum atomic E-state index is -4.64. The Morgan fingerprint density at radius 2 is 1.81 bits per heavy atom. The van der Waals surface area contributed by atoms with Crippen molar-refractivity contribution in [3.05, 3.63) is 40.7 Å². The number of alkyl halides is 3. The van der Waals surface area contributed by atoms with Crippen molar-refractivity contribution in [2.75, 3.05) is 13.6 Å². The molecule has 13 nitrogen and oxygen atoms in total. The van der Waals surface area contributed by atoms with Crippen molar-refractivity contribution in [3.63, 3.8) is 0 Å². The lowest BCUT2D eigenvalue weighted by molar-refractivity contribution is -0.180. The molecule has 16 heteroatoms. The van der Waals surface area contributed by atoms with E-state index in [0.29, 0.717) is 24.3 Å². The Labute approximate surface area is 269 Å². The Morgan fingerprint density at radius 3 is 2.34 bits per heavy atom. The molecular formula is C31H40F3NO12. The molecule has 0 bridgehead atoms. The quantitative estimate of drug-likeness (QED) is 0.208. The molecule has 2 heterocycles. The molecule has 1 saturated heterocycles. The number of halogens is 3. The summed E-state index contributed by atoms with van der Waals surface area (Å²) in [5.74, 6) is -3.86. The normalized spacial score (nSPS) is 25.7. The van der Waals surface area contributed by atoms with E-state index in [1.54, 1.807) is 12.1 Å². The number of aliphatic carboxylic acids is 1. The van der Waals surface area contributed by atoms with Gasteiger partial charge in [-0.3, -0.25) is 14.4 Å². The molecule has 1 fully saturated rings.